The zero-order valence-electron chi connectivity index (χ0n) is 13.6. The van der Waals surface area contributed by atoms with Crippen molar-refractivity contribution in [2.45, 2.75) is 26.9 Å². The topological polar surface area (TPSA) is 29.5 Å². The Kier molecular flexibility index (Phi) is 5.55. The molecule has 1 unspecified atom stereocenters. The standard InChI is InChI=1S/C18H19Cl2NO2/c1-11-10-15(17(20)12(2)16(11)19)23-13(3)18(22)21(4)14-8-6-5-7-9-14/h5-10,13H,1-4H3. The molecule has 1 amide bonds. The number of ether oxygens (including phenoxy) is 1. The fourth-order valence-corrected chi connectivity index (χ4v) is 2.67. The lowest BCUT2D eigenvalue weighted by Gasteiger charge is -2.23. The zero-order chi connectivity index (χ0) is 17.1. The maximum Gasteiger partial charge on any atom is 0.267 e. The number of amides is 1. The van der Waals surface area contributed by atoms with Gasteiger partial charge < -0.3 is 9.64 Å². The van der Waals surface area contributed by atoms with Crippen molar-refractivity contribution < 1.29 is 9.53 Å². The number of likely N-dealkylation sites (N-methyl/N-ethyl adjacent to an activating group) is 1. The van der Waals surface area contributed by atoms with Gasteiger partial charge in [-0.2, -0.15) is 0 Å². The first kappa shape index (κ1) is 17.6. The summed E-state index contributed by atoms with van der Waals surface area (Å²) in [5.41, 5.74) is 2.42. The SMILES string of the molecule is Cc1cc(OC(C)C(=O)N(C)c2ccccc2)c(Cl)c(C)c1Cl. The van der Waals surface area contributed by atoms with E-state index in [4.69, 9.17) is 27.9 Å². The Balaban J connectivity index is 2.19. The van der Waals surface area contributed by atoms with Gasteiger partial charge in [0, 0.05) is 17.8 Å². The molecule has 122 valence electrons. The first-order valence-electron chi connectivity index (χ1n) is 7.27. The van der Waals surface area contributed by atoms with Gasteiger partial charge in [-0.25, -0.2) is 0 Å². The van der Waals surface area contributed by atoms with Crippen LogP contribution in [-0.2, 0) is 4.79 Å². The summed E-state index contributed by atoms with van der Waals surface area (Å²) in [5.74, 6) is 0.311. The maximum absolute atomic E-state index is 12.5. The number of para-hydroxylation sites is 1. The van der Waals surface area contributed by atoms with Gasteiger partial charge in [-0.3, -0.25) is 4.79 Å². The van der Waals surface area contributed by atoms with Crippen LogP contribution in [0.3, 0.4) is 0 Å². The molecule has 0 aliphatic heterocycles. The summed E-state index contributed by atoms with van der Waals surface area (Å²) in [4.78, 5) is 14.1. The van der Waals surface area contributed by atoms with Gasteiger partial charge in [0.1, 0.15) is 5.75 Å². The third-order valence-electron chi connectivity index (χ3n) is 3.69. The fraction of sp³-hybridized carbons (Fsp3) is 0.278. The molecule has 0 spiro atoms. The molecule has 2 aromatic carbocycles. The van der Waals surface area contributed by atoms with Gasteiger partial charge in [0.25, 0.3) is 5.91 Å². The summed E-state index contributed by atoms with van der Waals surface area (Å²) >= 11 is 12.5. The second-order valence-corrected chi connectivity index (χ2v) is 6.19. The predicted molar refractivity (Wildman–Crippen MR) is 95.9 cm³/mol. The lowest BCUT2D eigenvalue weighted by molar-refractivity contribution is -0.124. The van der Waals surface area contributed by atoms with E-state index in [1.54, 1.807) is 24.9 Å². The predicted octanol–water partition coefficient (Wildman–Crippen LogP) is 5.04. The third kappa shape index (κ3) is 3.80. The van der Waals surface area contributed by atoms with E-state index in [-0.39, 0.29) is 5.91 Å². The van der Waals surface area contributed by atoms with E-state index < -0.39 is 6.10 Å². The number of halogens is 2. The lowest BCUT2D eigenvalue weighted by atomic mass is 10.1. The van der Waals surface area contributed by atoms with Crippen LogP contribution in [0.15, 0.2) is 36.4 Å². The van der Waals surface area contributed by atoms with Crippen molar-refractivity contribution in [2.75, 3.05) is 11.9 Å². The normalized spacial score (nSPS) is 11.9. The van der Waals surface area contributed by atoms with Crippen LogP contribution in [0.5, 0.6) is 5.75 Å². The average molecular weight is 352 g/mol. The molecule has 0 aliphatic carbocycles. The highest BCUT2D eigenvalue weighted by Crippen LogP contribution is 2.36. The Morgan fingerprint density at radius 3 is 2.35 bits per heavy atom. The van der Waals surface area contributed by atoms with Gasteiger partial charge >= 0.3 is 0 Å². The lowest BCUT2D eigenvalue weighted by Crippen LogP contribution is -2.38. The first-order chi connectivity index (χ1) is 10.8. The van der Waals surface area contributed by atoms with Crippen molar-refractivity contribution >= 4 is 34.8 Å². The van der Waals surface area contributed by atoms with E-state index in [0.717, 1.165) is 16.8 Å². The van der Waals surface area contributed by atoms with Crippen LogP contribution in [0, 0.1) is 13.8 Å². The van der Waals surface area contributed by atoms with Crippen molar-refractivity contribution in [3.05, 3.63) is 57.6 Å². The first-order valence-corrected chi connectivity index (χ1v) is 8.03. The molecule has 1 atom stereocenters. The van der Waals surface area contributed by atoms with Crippen LogP contribution in [0.4, 0.5) is 5.69 Å². The number of benzene rings is 2. The molecule has 2 rings (SSSR count). The molecule has 0 heterocycles. The Morgan fingerprint density at radius 2 is 1.74 bits per heavy atom. The highest BCUT2D eigenvalue weighted by molar-refractivity contribution is 6.37. The van der Waals surface area contributed by atoms with E-state index in [0.29, 0.717) is 15.8 Å². The number of anilines is 1. The fourth-order valence-electron chi connectivity index (χ4n) is 2.28. The molecule has 0 aromatic heterocycles. The average Bonchev–Trinajstić information content (AvgIpc) is 2.57. The van der Waals surface area contributed by atoms with E-state index in [2.05, 4.69) is 0 Å². The number of carbonyl (C=O) groups is 1. The van der Waals surface area contributed by atoms with E-state index in [9.17, 15) is 4.79 Å². The molecule has 0 bridgehead atoms. The van der Waals surface area contributed by atoms with Gasteiger partial charge in [0.2, 0.25) is 0 Å². The number of hydrogen-bond acceptors (Lipinski definition) is 2. The summed E-state index contributed by atoms with van der Waals surface area (Å²) in [7, 11) is 1.72. The minimum atomic E-state index is -0.669. The van der Waals surface area contributed by atoms with Crippen LogP contribution in [-0.4, -0.2) is 19.1 Å². The van der Waals surface area contributed by atoms with Crippen molar-refractivity contribution in [3.8, 4) is 5.75 Å². The van der Waals surface area contributed by atoms with Crippen LogP contribution in [0.25, 0.3) is 0 Å². The minimum Gasteiger partial charge on any atom is -0.479 e. The van der Waals surface area contributed by atoms with Crippen molar-refractivity contribution in [3.63, 3.8) is 0 Å². The molecular weight excluding hydrogens is 333 g/mol. The van der Waals surface area contributed by atoms with E-state index in [1.165, 1.54) is 0 Å². The molecular formula is C18H19Cl2NO2. The molecule has 0 aliphatic rings. The largest absolute Gasteiger partial charge is 0.479 e. The Bertz CT molecular complexity index is 717. The summed E-state index contributed by atoms with van der Waals surface area (Å²) in [6.07, 6.45) is -0.669. The molecule has 0 fully saturated rings. The van der Waals surface area contributed by atoms with Gasteiger partial charge in [-0.05, 0) is 50.1 Å². The van der Waals surface area contributed by atoms with Crippen LogP contribution < -0.4 is 9.64 Å². The summed E-state index contributed by atoms with van der Waals surface area (Å²) in [5, 5.41) is 1.05. The van der Waals surface area contributed by atoms with Crippen LogP contribution >= 0.6 is 23.2 Å². The minimum absolute atomic E-state index is 0.155. The van der Waals surface area contributed by atoms with Gasteiger partial charge in [0.05, 0.1) is 5.02 Å². The van der Waals surface area contributed by atoms with Gasteiger partial charge in [0.15, 0.2) is 6.10 Å². The van der Waals surface area contributed by atoms with Gasteiger partial charge in [-0.15, -0.1) is 0 Å². The monoisotopic (exact) mass is 351 g/mol. The number of carbonyl (C=O) groups excluding carboxylic acids is 1. The second kappa shape index (κ2) is 7.24. The van der Waals surface area contributed by atoms with Crippen molar-refractivity contribution in [1.82, 2.24) is 0 Å². The van der Waals surface area contributed by atoms with E-state index >= 15 is 0 Å². The summed E-state index contributed by atoms with van der Waals surface area (Å²) in [6, 6.07) is 11.2. The molecule has 23 heavy (non-hydrogen) atoms. The molecule has 3 nitrogen and oxygen atoms in total. The molecule has 2 aromatic rings. The van der Waals surface area contributed by atoms with E-state index in [1.807, 2.05) is 44.2 Å². The number of nitrogens with zero attached hydrogens (tertiary/aromatic N) is 1. The molecule has 0 radical (unpaired) electrons. The summed E-state index contributed by atoms with van der Waals surface area (Å²) < 4.78 is 5.78. The van der Waals surface area contributed by atoms with Crippen LogP contribution in [0.2, 0.25) is 10.0 Å². The molecule has 0 N–H and O–H groups in total. The highest BCUT2D eigenvalue weighted by atomic mass is 35.5. The number of rotatable bonds is 4. The van der Waals surface area contributed by atoms with Crippen molar-refractivity contribution in [2.24, 2.45) is 0 Å². The van der Waals surface area contributed by atoms with Crippen molar-refractivity contribution in [1.29, 1.82) is 0 Å². The second-order valence-electron chi connectivity index (χ2n) is 5.44. The Morgan fingerprint density at radius 1 is 1.13 bits per heavy atom. The van der Waals surface area contributed by atoms with Crippen LogP contribution in [0.1, 0.15) is 18.1 Å². The quantitative estimate of drug-likeness (QED) is 0.771. The maximum atomic E-state index is 12.5. The highest BCUT2D eigenvalue weighted by Gasteiger charge is 2.22. The molecule has 0 saturated heterocycles. The Hall–Kier alpha value is -1.71. The zero-order valence-corrected chi connectivity index (χ0v) is 15.1. The smallest absolute Gasteiger partial charge is 0.267 e. The summed E-state index contributed by atoms with van der Waals surface area (Å²) in [6.45, 7) is 5.41. The number of aryl methyl sites for hydroxylation is 1. The molecule has 5 heteroatoms. The third-order valence-corrected chi connectivity index (χ3v) is 4.75. The number of hydrogen-bond donors (Lipinski definition) is 0. The Labute approximate surface area is 146 Å². The molecule has 0 saturated carbocycles. The van der Waals surface area contributed by atoms with Gasteiger partial charge in [-0.1, -0.05) is 41.4 Å².